The van der Waals surface area contributed by atoms with Gasteiger partial charge in [-0.15, -0.1) is 0 Å². The molecule has 4 nitrogen and oxygen atoms in total. The summed E-state index contributed by atoms with van der Waals surface area (Å²) in [6.07, 6.45) is 1.78. The Morgan fingerprint density at radius 1 is 1.21 bits per heavy atom. The number of para-hydroxylation sites is 2. The highest BCUT2D eigenvalue weighted by atomic mass is 16.5. The van der Waals surface area contributed by atoms with Crippen LogP contribution in [0.4, 0.5) is 10.5 Å². The van der Waals surface area contributed by atoms with Crippen molar-refractivity contribution < 1.29 is 9.53 Å². The van der Waals surface area contributed by atoms with Crippen LogP contribution in [0.5, 0.6) is 5.75 Å². The number of carbonyl (C=O) groups is 1. The van der Waals surface area contributed by atoms with Crippen molar-refractivity contribution in [3.63, 3.8) is 0 Å². The lowest BCUT2D eigenvalue weighted by Crippen LogP contribution is -2.45. The van der Waals surface area contributed by atoms with E-state index in [0.717, 1.165) is 36.4 Å². The van der Waals surface area contributed by atoms with Crippen LogP contribution in [0.25, 0.3) is 0 Å². The van der Waals surface area contributed by atoms with Gasteiger partial charge in [-0.2, -0.15) is 0 Å². The van der Waals surface area contributed by atoms with Crippen LogP contribution in [0.2, 0.25) is 0 Å². The second-order valence-electron chi connectivity index (χ2n) is 6.34. The van der Waals surface area contributed by atoms with E-state index in [0.29, 0.717) is 12.5 Å². The Hall–Kier alpha value is -2.49. The molecule has 24 heavy (non-hydrogen) atoms. The van der Waals surface area contributed by atoms with Gasteiger partial charge in [-0.05, 0) is 42.0 Å². The van der Waals surface area contributed by atoms with Gasteiger partial charge in [0.25, 0.3) is 0 Å². The first-order valence-electron chi connectivity index (χ1n) is 8.44. The maximum absolute atomic E-state index is 12.6. The Morgan fingerprint density at radius 2 is 1.96 bits per heavy atom. The lowest BCUT2D eigenvalue weighted by atomic mass is 9.94. The Morgan fingerprint density at radius 3 is 2.79 bits per heavy atom. The van der Waals surface area contributed by atoms with Gasteiger partial charge in [-0.25, -0.2) is 4.79 Å². The molecule has 4 heteroatoms. The van der Waals surface area contributed by atoms with Crippen molar-refractivity contribution in [3.05, 3.63) is 59.7 Å². The summed E-state index contributed by atoms with van der Waals surface area (Å²) in [5.41, 5.74) is 3.38. The molecule has 0 aromatic heterocycles. The predicted molar refractivity (Wildman–Crippen MR) is 96.8 cm³/mol. The molecule has 0 spiro atoms. The Balaban J connectivity index is 1.63. The molecule has 2 aromatic rings. The number of urea groups is 1. The number of anilines is 1. The van der Waals surface area contributed by atoms with E-state index >= 15 is 0 Å². The lowest BCUT2D eigenvalue weighted by molar-refractivity contribution is 0.244. The molecule has 0 fully saturated rings. The fraction of sp³-hybridized carbons (Fsp3) is 0.350. The van der Waals surface area contributed by atoms with Crippen LogP contribution >= 0.6 is 0 Å². The number of amides is 2. The van der Waals surface area contributed by atoms with Crippen LogP contribution < -0.4 is 15.0 Å². The highest BCUT2D eigenvalue weighted by Crippen LogP contribution is 2.29. The molecule has 2 amide bonds. The van der Waals surface area contributed by atoms with Crippen LogP contribution in [-0.2, 0) is 12.8 Å². The minimum atomic E-state index is -0.0242. The zero-order chi connectivity index (χ0) is 16.9. The van der Waals surface area contributed by atoms with E-state index in [9.17, 15) is 4.79 Å². The molecule has 0 bridgehead atoms. The summed E-state index contributed by atoms with van der Waals surface area (Å²) >= 11 is 0. The van der Waals surface area contributed by atoms with E-state index < -0.39 is 0 Å². The number of hydrogen-bond acceptors (Lipinski definition) is 2. The molecule has 1 unspecified atom stereocenters. The highest BCUT2D eigenvalue weighted by molar-refractivity contribution is 5.93. The van der Waals surface area contributed by atoms with Crippen molar-refractivity contribution in [1.82, 2.24) is 5.32 Å². The second-order valence-corrected chi connectivity index (χ2v) is 6.34. The number of ether oxygens (including phenoxy) is 1. The van der Waals surface area contributed by atoms with Gasteiger partial charge in [0, 0.05) is 18.8 Å². The Kier molecular flexibility index (Phi) is 5.04. The van der Waals surface area contributed by atoms with Crippen molar-refractivity contribution in [3.8, 4) is 5.75 Å². The van der Waals surface area contributed by atoms with Gasteiger partial charge in [0.15, 0.2) is 0 Å². The van der Waals surface area contributed by atoms with E-state index in [1.54, 1.807) is 7.11 Å². The van der Waals surface area contributed by atoms with Crippen molar-refractivity contribution in [2.45, 2.75) is 19.8 Å². The smallest absolute Gasteiger partial charge is 0.321 e. The number of methoxy groups -OCH3 is 1. The SMILES string of the molecule is COc1ccccc1CCNC(=O)N1CC(C)Cc2ccccc21. The van der Waals surface area contributed by atoms with Gasteiger partial charge in [-0.3, -0.25) is 4.90 Å². The van der Waals surface area contributed by atoms with Gasteiger partial charge in [0.1, 0.15) is 5.75 Å². The van der Waals surface area contributed by atoms with Gasteiger partial charge in [-0.1, -0.05) is 43.3 Å². The van der Waals surface area contributed by atoms with Gasteiger partial charge >= 0.3 is 6.03 Å². The van der Waals surface area contributed by atoms with Crippen LogP contribution in [0.3, 0.4) is 0 Å². The maximum atomic E-state index is 12.6. The molecule has 1 aliphatic rings. The summed E-state index contributed by atoms with van der Waals surface area (Å²) in [5.74, 6) is 1.34. The van der Waals surface area contributed by atoms with Gasteiger partial charge < -0.3 is 10.1 Å². The summed E-state index contributed by atoms with van der Waals surface area (Å²) in [6.45, 7) is 3.54. The summed E-state index contributed by atoms with van der Waals surface area (Å²) in [7, 11) is 1.67. The molecule has 0 aliphatic carbocycles. The minimum absolute atomic E-state index is 0.0242. The third-order valence-electron chi connectivity index (χ3n) is 4.45. The van der Waals surface area contributed by atoms with Crippen molar-refractivity contribution in [2.75, 3.05) is 25.1 Å². The minimum Gasteiger partial charge on any atom is -0.496 e. The zero-order valence-corrected chi connectivity index (χ0v) is 14.3. The Bertz CT molecular complexity index is 714. The molecule has 0 radical (unpaired) electrons. The van der Waals surface area contributed by atoms with Crippen LogP contribution in [0.15, 0.2) is 48.5 Å². The first kappa shape index (κ1) is 16.4. The number of rotatable bonds is 4. The largest absolute Gasteiger partial charge is 0.496 e. The average Bonchev–Trinajstić information content (AvgIpc) is 2.61. The van der Waals surface area contributed by atoms with Crippen molar-refractivity contribution in [1.29, 1.82) is 0 Å². The molecule has 2 aromatic carbocycles. The highest BCUT2D eigenvalue weighted by Gasteiger charge is 2.25. The third kappa shape index (κ3) is 3.53. The molecule has 0 saturated carbocycles. The number of nitrogens with zero attached hydrogens (tertiary/aromatic N) is 1. The number of carbonyl (C=O) groups excluding carboxylic acids is 1. The quantitative estimate of drug-likeness (QED) is 0.933. The summed E-state index contributed by atoms with van der Waals surface area (Å²) < 4.78 is 5.36. The monoisotopic (exact) mass is 324 g/mol. The first-order valence-corrected chi connectivity index (χ1v) is 8.44. The molecule has 1 atom stereocenters. The average molecular weight is 324 g/mol. The van der Waals surface area contributed by atoms with Crippen LogP contribution in [-0.4, -0.2) is 26.2 Å². The fourth-order valence-electron chi connectivity index (χ4n) is 3.30. The molecule has 3 rings (SSSR count). The van der Waals surface area contributed by atoms with E-state index in [-0.39, 0.29) is 6.03 Å². The number of benzene rings is 2. The van der Waals surface area contributed by atoms with E-state index in [1.807, 2.05) is 47.4 Å². The molecular formula is C20H24N2O2. The molecule has 1 aliphatic heterocycles. The molecule has 126 valence electrons. The molecule has 1 heterocycles. The topological polar surface area (TPSA) is 41.6 Å². The van der Waals surface area contributed by atoms with Crippen molar-refractivity contribution in [2.24, 2.45) is 5.92 Å². The third-order valence-corrected chi connectivity index (χ3v) is 4.45. The fourth-order valence-corrected chi connectivity index (χ4v) is 3.30. The number of nitrogens with one attached hydrogen (secondary N) is 1. The predicted octanol–water partition coefficient (Wildman–Crippen LogP) is 3.65. The van der Waals surface area contributed by atoms with E-state index in [1.165, 1.54) is 5.56 Å². The number of fused-ring (bicyclic) bond motifs is 1. The van der Waals surface area contributed by atoms with Gasteiger partial charge in [0.2, 0.25) is 0 Å². The molecule has 1 N–H and O–H groups in total. The van der Waals surface area contributed by atoms with E-state index in [4.69, 9.17) is 4.74 Å². The van der Waals surface area contributed by atoms with Gasteiger partial charge in [0.05, 0.1) is 7.11 Å². The number of hydrogen-bond donors (Lipinski definition) is 1. The zero-order valence-electron chi connectivity index (χ0n) is 14.3. The lowest BCUT2D eigenvalue weighted by Gasteiger charge is -2.33. The second kappa shape index (κ2) is 7.39. The molecular weight excluding hydrogens is 300 g/mol. The van der Waals surface area contributed by atoms with Crippen LogP contribution in [0, 0.1) is 5.92 Å². The van der Waals surface area contributed by atoms with E-state index in [2.05, 4.69) is 18.3 Å². The summed E-state index contributed by atoms with van der Waals surface area (Å²) in [6, 6.07) is 16.1. The van der Waals surface area contributed by atoms with Crippen LogP contribution in [0.1, 0.15) is 18.1 Å². The standard InChI is InChI=1S/C20H24N2O2/c1-15-13-17-8-3-5-9-18(17)22(14-15)20(23)21-12-11-16-7-4-6-10-19(16)24-2/h3-10,15H,11-14H2,1-2H3,(H,21,23). The summed E-state index contributed by atoms with van der Waals surface area (Å²) in [5, 5.41) is 3.05. The summed E-state index contributed by atoms with van der Waals surface area (Å²) in [4.78, 5) is 14.5. The molecule has 0 saturated heterocycles. The normalized spacial score (nSPS) is 16.4. The Labute approximate surface area is 143 Å². The van der Waals surface area contributed by atoms with Crippen molar-refractivity contribution >= 4 is 11.7 Å². The maximum Gasteiger partial charge on any atom is 0.321 e. The first-order chi connectivity index (χ1) is 11.7.